The third kappa shape index (κ3) is 13.4. The van der Waals surface area contributed by atoms with Crippen molar-refractivity contribution in [2.75, 3.05) is 79.1 Å². The number of fused-ring (bicyclic) bond motifs is 11. The van der Waals surface area contributed by atoms with Gasteiger partial charge in [-0.2, -0.15) is 0 Å². The monoisotopic (exact) mass is 942 g/mol. The molecule has 0 aromatic heterocycles. The van der Waals surface area contributed by atoms with E-state index < -0.39 is 0 Å². The van der Waals surface area contributed by atoms with Gasteiger partial charge in [0.15, 0.2) is 0 Å². The molecule has 2 N–H and O–H groups in total. The molecule has 4 aromatic carbocycles. The van der Waals surface area contributed by atoms with E-state index in [-0.39, 0.29) is 42.4 Å². The molecule has 11 aliphatic rings. The van der Waals surface area contributed by atoms with Gasteiger partial charge in [0.2, 0.25) is 0 Å². The predicted octanol–water partition coefficient (Wildman–Crippen LogP) is 7.68. The van der Waals surface area contributed by atoms with E-state index in [0.717, 1.165) is 70.5 Å². The maximum Gasteiger partial charge on any atom is 0.410 e. The predicted molar refractivity (Wildman–Crippen MR) is 269 cm³/mol. The second-order valence-corrected chi connectivity index (χ2v) is 19.9. The first kappa shape index (κ1) is 50.3. The Hall–Kier alpha value is -5.11. The maximum atomic E-state index is 13.2. The summed E-state index contributed by atoms with van der Waals surface area (Å²) >= 11 is 0. The van der Waals surface area contributed by atoms with Gasteiger partial charge in [-0.3, -0.25) is 24.3 Å². The first-order valence-electron chi connectivity index (χ1n) is 25.7. The van der Waals surface area contributed by atoms with Crippen molar-refractivity contribution in [3.8, 4) is 0 Å². The minimum Gasteiger partial charge on any atom is -0.469 e. The zero-order chi connectivity index (χ0) is 48.1. The van der Waals surface area contributed by atoms with E-state index in [4.69, 9.17) is 9.47 Å². The van der Waals surface area contributed by atoms with Crippen molar-refractivity contribution in [2.24, 2.45) is 17.8 Å². The topological polar surface area (TPSA) is 124 Å². The van der Waals surface area contributed by atoms with Crippen LogP contribution in [-0.4, -0.2) is 140 Å². The smallest absolute Gasteiger partial charge is 0.410 e. The van der Waals surface area contributed by atoms with Gasteiger partial charge in [-0.25, -0.2) is 4.79 Å². The summed E-state index contributed by atoms with van der Waals surface area (Å²) in [6, 6.07) is 38.5. The quantitative estimate of drug-likeness (QED) is 0.155. The number of nitrogens with one attached hydrogen (secondary N) is 1. The van der Waals surface area contributed by atoms with Crippen molar-refractivity contribution in [3.63, 3.8) is 0 Å². The number of benzene rings is 4. The highest BCUT2D eigenvalue weighted by atomic mass is 16.6. The zero-order valence-electron chi connectivity index (χ0n) is 41.1. The number of methoxy groups -OCH3 is 1. The average Bonchev–Trinajstić information content (AvgIpc) is 3.40. The molecule has 0 aliphatic carbocycles. The number of aliphatic hydroxyl groups excluding tert-OH is 1. The number of nitrogens with zero attached hydrogens (tertiary/aromatic N) is 4. The lowest BCUT2D eigenvalue weighted by Gasteiger charge is -2.45. The Morgan fingerprint density at radius 3 is 1.46 bits per heavy atom. The number of hydrogen-bond acceptors (Lipinski definition) is 11. The Labute approximate surface area is 410 Å². The van der Waals surface area contributed by atoms with Gasteiger partial charge >= 0.3 is 18.0 Å². The van der Waals surface area contributed by atoms with Crippen molar-refractivity contribution < 1.29 is 33.7 Å². The van der Waals surface area contributed by atoms with Crippen LogP contribution in [0.25, 0.3) is 0 Å². The molecular weight excluding hydrogens is 867 g/mol. The van der Waals surface area contributed by atoms with E-state index in [1.807, 2.05) is 23.1 Å². The molecule has 11 aliphatic heterocycles. The molecule has 12 nitrogen and oxygen atoms in total. The summed E-state index contributed by atoms with van der Waals surface area (Å²) in [5, 5.41) is 12.9. The van der Waals surface area contributed by atoms with Crippen LogP contribution in [0.15, 0.2) is 109 Å². The van der Waals surface area contributed by atoms with Crippen LogP contribution in [0.4, 0.5) is 4.79 Å². The molecule has 1 amide bonds. The normalized spacial score (nSPS) is 29.7. The van der Waals surface area contributed by atoms with Crippen molar-refractivity contribution in [1.82, 2.24) is 24.9 Å². The average molecular weight is 942 g/mol. The summed E-state index contributed by atoms with van der Waals surface area (Å²) < 4.78 is 15.4. The van der Waals surface area contributed by atoms with Crippen LogP contribution in [0.1, 0.15) is 97.8 Å². The third-order valence-corrected chi connectivity index (χ3v) is 15.5. The maximum absolute atomic E-state index is 13.2. The number of amides is 1. The number of hydrogen-bond donors (Lipinski definition) is 2. The number of carbonyl (C=O) groups is 3. The van der Waals surface area contributed by atoms with Crippen LogP contribution in [-0.2, 0) is 36.6 Å². The summed E-state index contributed by atoms with van der Waals surface area (Å²) in [7, 11) is 1.35. The number of esters is 2. The van der Waals surface area contributed by atoms with Gasteiger partial charge in [-0.05, 0) is 142 Å². The van der Waals surface area contributed by atoms with E-state index in [9.17, 15) is 19.5 Å². The summed E-state index contributed by atoms with van der Waals surface area (Å²) in [5.74, 6) is 1.43. The van der Waals surface area contributed by atoms with Gasteiger partial charge in [-0.15, -0.1) is 0 Å². The van der Waals surface area contributed by atoms with E-state index in [1.165, 1.54) is 101 Å². The molecule has 4 aromatic rings. The molecule has 69 heavy (non-hydrogen) atoms. The number of aliphatic hydroxyl groups is 1. The molecule has 12 heteroatoms. The van der Waals surface area contributed by atoms with Crippen molar-refractivity contribution in [1.29, 1.82) is 0 Å². The van der Waals surface area contributed by atoms with E-state index >= 15 is 0 Å². The molecule has 5 atom stereocenters. The molecule has 0 unspecified atom stereocenters. The lowest BCUT2D eigenvalue weighted by atomic mass is 9.86. The van der Waals surface area contributed by atoms with Crippen LogP contribution in [0, 0.1) is 17.8 Å². The van der Waals surface area contributed by atoms with Gasteiger partial charge in [0.25, 0.3) is 0 Å². The van der Waals surface area contributed by atoms with E-state index in [0.29, 0.717) is 30.3 Å². The standard InChI is InChI=1S/C23H26N2O2.C15H15N.C9H15NO2.C7H13NO.C3H6O2/c26-23(27-21-16-24-13-10-18(21)11-14-24)25-15-12-17-6-4-5-9-20(17)22(25)19-7-2-1-3-8-19;1-2-7-13(8-3-1)15-14-9-5-4-6-12(14)10-11-16-15;1-7(11)12-9-6-10-4-2-8(9)3-5-10;9-7-5-8-3-1-6(7)2-4-8;1-3(4)5-2/h1-9,18,21-22H,10-16H2;1-9,15-16H,10-11H2;8-9H,2-6H2,1H3;6-7,9H,1-5H2;1-2H3/t21-,22-;15-;9-;7-;/m0000./s1. The lowest BCUT2D eigenvalue weighted by molar-refractivity contribution is -0.156. The highest BCUT2D eigenvalue weighted by Gasteiger charge is 2.40. The van der Waals surface area contributed by atoms with Gasteiger partial charge < -0.3 is 29.5 Å². The van der Waals surface area contributed by atoms with Crippen LogP contribution in [0.3, 0.4) is 0 Å². The van der Waals surface area contributed by atoms with Gasteiger partial charge in [-0.1, -0.05) is 109 Å². The van der Waals surface area contributed by atoms with Crippen LogP contribution < -0.4 is 5.32 Å². The lowest BCUT2D eigenvalue weighted by Crippen LogP contribution is -2.53. The number of ether oxygens (including phenoxy) is 3. The molecule has 0 saturated carbocycles. The Balaban J connectivity index is 0.000000130. The largest absolute Gasteiger partial charge is 0.469 e. The molecule has 6 bridgehead atoms. The number of piperidine rings is 9. The molecule has 11 heterocycles. The van der Waals surface area contributed by atoms with Crippen LogP contribution >= 0.6 is 0 Å². The summed E-state index contributed by atoms with van der Waals surface area (Å²) in [5.41, 5.74) is 7.97. The van der Waals surface area contributed by atoms with E-state index in [1.54, 1.807) is 0 Å². The Morgan fingerprint density at radius 1 is 0.536 bits per heavy atom. The van der Waals surface area contributed by atoms with Gasteiger partial charge in [0.05, 0.1) is 25.3 Å². The molecule has 0 radical (unpaired) electrons. The number of carbonyl (C=O) groups excluding carboxylic acids is 3. The van der Waals surface area contributed by atoms with Crippen molar-refractivity contribution in [3.05, 3.63) is 143 Å². The second-order valence-electron chi connectivity index (χ2n) is 19.9. The molecule has 9 fully saturated rings. The second kappa shape index (κ2) is 24.6. The van der Waals surface area contributed by atoms with Crippen LogP contribution in [0.2, 0.25) is 0 Å². The molecule has 9 saturated heterocycles. The first-order valence-corrected chi connectivity index (χ1v) is 25.7. The minimum absolute atomic E-state index is 0.00694. The zero-order valence-corrected chi connectivity index (χ0v) is 41.1. The SMILES string of the molecule is CC(=O)O[C@H]1CN2CCC1CC2.COC(C)=O.O=C(O[C@H]1CN2CCC1CC2)N1CCc2ccccc2[C@@H]1c1ccccc1.O[C@H]1CN2CCC1CC2.c1ccc([C@@H]2NCCc3ccccc32)cc1. The van der Waals surface area contributed by atoms with Crippen LogP contribution in [0.5, 0.6) is 0 Å². The Bertz CT molecular complexity index is 2240. The van der Waals surface area contributed by atoms with Gasteiger partial charge in [0, 0.05) is 46.6 Å². The first-order chi connectivity index (χ1) is 33.6. The van der Waals surface area contributed by atoms with E-state index in [2.05, 4.69) is 116 Å². The highest BCUT2D eigenvalue weighted by molar-refractivity contribution is 5.70. The fraction of sp³-hybridized carbons (Fsp3) is 0.526. The fourth-order valence-electron chi connectivity index (χ4n) is 11.6. The van der Waals surface area contributed by atoms with Crippen molar-refractivity contribution in [2.45, 2.75) is 95.6 Å². The molecule has 0 spiro atoms. The molecule has 370 valence electrons. The highest BCUT2D eigenvalue weighted by Crippen LogP contribution is 2.37. The summed E-state index contributed by atoms with van der Waals surface area (Å²) in [6.07, 6.45) is 9.27. The summed E-state index contributed by atoms with van der Waals surface area (Å²) in [6.45, 7) is 14.6. The molecular formula is C57H75N5O7. The minimum atomic E-state index is -0.245. The van der Waals surface area contributed by atoms with Crippen molar-refractivity contribution >= 4 is 18.0 Å². The Morgan fingerprint density at radius 2 is 1.00 bits per heavy atom. The third-order valence-electron chi connectivity index (χ3n) is 15.5. The molecule has 15 rings (SSSR count). The Kier molecular flexibility index (Phi) is 18.0. The summed E-state index contributed by atoms with van der Waals surface area (Å²) in [4.78, 5) is 42.7. The van der Waals surface area contributed by atoms with Gasteiger partial charge in [0.1, 0.15) is 12.2 Å². The fourth-order valence-corrected chi connectivity index (χ4v) is 11.6. The number of rotatable bonds is 4.